The van der Waals surface area contributed by atoms with E-state index in [0.29, 0.717) is 36.2 Å². The lowest BCUT2D eigenvalue weighted by Gasteiger charge is -2.08. The smallest absolute Gasteiger partial charge is 0.216 e. The third-order valence-corrected chi connectivity index (χ3v) is 3.09. The average Bonchev–Trinajstić information content (AvgIpc) is 2.78. The maximum atomic E-state index is 12.4. The lowest BCUT2D eigenvalue weighted by molar-refractivity contribution is 0.103. The van der Waals surface area contributed by atoms with Gasteiger partial charge < -0.3 is 14.2 Å². The van der Waals surface area contributed by atoms with E-state index in [0.717, 1.165) is 6.42 Å². The van der Waals surface area contributed by atoms with Gasteiger partial charge in [0.25, 0.3) is 0 Å². The highest BCUT2D eigenvalue weighted by atomic mass is 16.5. The molecule has 0 radical (unpaired) electrons. The van der Waals surface area contributed by atoms with E-state index >= 15 is 0 Å². The van der Waals surface area contributed by atoms with Crippen LogP contribution in [0.4, 0.5) is 0 Å². The molecule has 0 unspecified atom stereocenters. The number of aromatic nitrogens is 2. The molecule has 6 heteroatoms. The van der Waals surface area contributed by atoms with Gasteiger partial charge in [-0.1, -0.05) is 0 Å². The summed E-state index contributed by atoms with van der Waals surface area (Å²) in [4.78, 5) is 20.3. The highest BCUT2D eigenvalue weighted by Gasteiger charge is 2.16. The molecule has 0 atom stereocenters. The third-order valence-electron chi connectivity index (χ3n) is 3.09. The molecule has 2 aromatic rings. The SMILES string of the molecule is COc1cc(C(=O)c2ccc3c(c2)OCCCO3)ncn1. The first kappa shape index (κ1) is 13.4. The van der Waals surface area contributed by atoms with E-state index in [1.807, 2.05) is 0 Å². The number of rotatable bonds is 3. The first-order valence-electron chi connectivity index (χ1n) is 6.58. The van der Waals surface area contributed by atoms with Crippen molar-refractivity contribution >= 4 is 5.78 Å². The predicted octanol–water partition coefficient (Wildman–Crippen LogP) is 1.88. The van der Waals surface area contributed by atoms with Crippen molar-refractivity contribution in [2.75, 3.05) is 20.3 Å². The van der Waals surface area contributed by atoms with Crippen LogP contribution in [0.25, 0.3) is 0 Å². The van der Waals surface area contributed by atoms with Gasteiger partial charge in [-0.25, -0.2) is 9.97 Å². The van der Waals surface area contributed by atoms with Crippen molar-refractivity contribution in [1.82, 2.24) is 9.97 Å². The fourth-order valence-corrected chi connectivity index (χ4v) is 2.03. The minimum Gasteiger partial charge on any atom is -0.490 e. The zero-order chi connectivity index (χ0) is 14.7. The molecule has 6 nitrogen and oxygen atoms in total. The van der Waals surface area contributed by atoms with E-state index in [2.05, 4.69) is 9.97 Å². The fourth-order valence-electron chi connectivity index (χ4n) is 2.03. The number of hydrogen-bond donors (Lipinski definition) is 0. The maximum absolute atomic E-state index is 12.4. The summed E-state index contributed by atoms with van der Waals surface area (Å²) in [6.45, 7) is 1.19. The Morgan fingerprint density at radius 3 is 2.76 bits per heavy atom. The Morgan fingerprint density at radius 2 is 1.95 bits per heavy atom. The number of nitrogens with zero attached hydrogens (tertiary/aromatic N) is 2. The molecule has 2 heterocycles. The van der Waals surface area contributed by atoms with Crippen LogP contribution in [-0.2, 0) is 0 Å². The van der Waals surface area contributed by atoms with E-state index in [9.17, 15) is 4.79 Å². The van der Waals surface area contributed by atoms with E-state index in [4.69, 9.17) is 14.2 Å². The average molecular weight is 286 g/mol. The second-order valence-electron chi connectivity index (χ2n) is 4.49. The lowest BCUT2D eigenvalue weighted by Crippen LogP contribution is -2.06. The molecule has 1 aliphatic heterocycles. The fraction of sp³-hybridized carbons (Fsp3) is 0.267. The number of ether oxygens (including phenoxy) is 3. The zero-order valence-corrected chi connectivity index (χ0v) is 11.5. The molecule has 1 aliphatic rings. The van der Waals surface area contributed by atoms with Gasteiger partial charge in [0.05, 0.1) is 20.3 Å². The van der Waals surface area contributed by atoms with E-state index in [-0.39, 0.29) is 11.5 Å². The summed E-state index contributed by atoms with van der Waals surface area (Å²) in [6, 6.07) is 6.62. The second kappa shape index (κ2) is 5.78. The first-order chi connectivity index (χ1) is 10.3. The molecule has 0 aliphatic carbocycles. The topological polar surface area (TPSA) is 70.5 Å². The van der Waals surface area contributed by atoms with Gasteiger partial charge in [-0.3, -0.25) is 4.79 Å². The Balaban J connectivity index is 1.92. The minimum absolute atomic E-state index is 0.216. The van der Waals surface area contributed by atoms with Crippen molar-refractivity contribution in [3.05, 3.63) is 41.9 Å². The number of hydrogen-bond acceptors (Lipinski definition) is 6. The summed E-state index contributed by atoms with van der Waals surface area (Å²) in [5.74, 6) is 1.37. The molecule has 3 rings (SSSR count). The Hall–Kier alpha value is -2.63. The zero-order valence-electron chi connectivity index (χ0n) is 11.5. The molecule has 0 saturated carbocycles. The van der Waals surface area contributed by atoms with Gasteiger partial charge in [-0.05, 0) is 18.2 Å². The standard InChI is InChI=1S/C15H14N2O4/c1-19-14-8-11(16-9-17-14)15(18)10-3-4-12-13(7-10)21-6-2-5-20-12/h3-4,7-9H,2,5-6H2,1H3. The largest absolute Gasteiger partial charge is 0.490 e. The summed E-state index contributed by atoms with van der Waals surface area (Å²) in [5, 5.41) is 0. The highest BCUT2D eigenvalue weighted by molar-refractivity contribution is 6.08. The molecule has 21 heavy (non-hydrogen) atoms. The summed E-state index contributed by atoms with van der Waals surface area (Å²) < 4.78 is 16.1. The van der Waals surface area contributed by atoms with E-state index < -0.39 is 0 Å². The van der Waals surface area contributed by atoms with Crippen LogP contribution >= 0.6 is 0 Å². The maximum Gasteiger partial charge on any atom is 0.216 e. The Bertz CT molecular complexity index is 672. The van der Waals surface area contributed by atoms with Gasteiger partial charge in [0.15, 0.2) is 11.5 Å². The van der Waals surface area contributed by atoms with Gasteiger partial charge in [0, 0.05) is 18.1 Å². The van der Waals surface area contributed by atoms with E-state index in [1.54, 1.807) is 18.2 Å². The molecular weight excluding hydrogens is 272 g/mol. The van der Waals surface area contributed by atoms with Crippen molar-refractivity contribution in [2.24, 2.45) is 0 Å². The number of benzene rings is 1. The molecule has 1 aromatic carbocycles. The Labute approximate surface area is 121 Å². The summed E-state index contributed by atoms with van der Waals surface area (Å²) in [7, 11) is 1.49. The molecular formula is C15H14N2O4. The lowest BCUT2D eigenvalue weighted by atomic mass is 10.1. The Kier molecular flexibility index (Phi) is 3.68. The van der Waals surface area contributed by atoms with Crippen molar-refractivity contribution in [3.8, 4) is 17.4 Å². The normalized spacial score (nSPS) is 13.4. The summed E-state index contributed by atoms with van der Waals surface area (Å²) in [6.07, 6.45) is 2.12. The molecule has 0 saturated heterocycles. The van der Waals surface area contributed by atoms with Crippen molar-refractivity contribution in [2.45, 2.75) is 6.42 Å². The number of ketones is 1. The number of carbonyl (C=O) groups is 1. The third kappa shape index (κ3) is 2.79. The van der Waals surface area contributed by atoms with Crippen LogP contribution in [-0.4, -0.2) is 36.1 Å². The molecule has 1 aromatic heterocycles. The molecule has 0 N–H and O–H groups in total. The second-order valence-corrected chi connectivity index (χ2v) is 4.49. The quantitative estimate of drug-likeness (QED) is 0.802. The number of carbonyl (C=O) groups excluding carboxylic acids is 1. The minimum atomic E-state index is -0.216. The molecule has 0 amide bonds. The van der Waals surface area contributed by atoms with Gasteiger partial charge in [-0.15, -0.1) is 0 Å². The molecule has 0 bridgehead atoms. The molecule has 108 valence electrons. The molecule has 0 fully saturated rings. The number of fused-ring (bicyclic) bond motifs is 1. The Morgan fingerprint density at radius 1 is 1.14 bits per heavy atom. The van der Waals surface area contributed by atoms with Crippen LogP contribution in [0.1, 0.15) is 22.5 Å². The number of methoxy groups -OCH3 is 1. The monoisotopic (exact) mass is 286 g/mol. The van der Waals surface area contributed by atoms with Crippen LogP contribution in [0.15, 0.2) is 30.6 Å². The van der Waals surface area contributed by atoms with Crippen LogP contribution in [0.3, 0.4) is 0 Å². The van der Waals surface area contributed by atoms with Crippen molar-refractivity contribution < 1.29 is 19.0 Å². The van der Waals surface area contributed by atoms with Gasteiger partial charge in [0.1, 0.15) is 12.0 Å². The first-order valence-corrected chi connectivity index (χ1v) is 6.58. The van der Waals surface area contributed by atoms with Crippen LogP contribution in [0.2, 0.25) is 0 Å². The van der Waals surface area contributed by atoms with Gasteiger partial charge in [-0.2, -0.15) is 0 Å². The highest BCUT2D eigenvalue weighted by Crippen LogP contribution is 2.31. The van der Waals surface area contributed by atoms with Crippen molar-refractivity contribution in [1.29, 1.82) is 0 Å². The van der Waals surface area contributed by atoms with Crippen LogP contribution < -0.4 is 14.2 Å². The van der Waals surface area contributed by atoms with Crippen LogP contribution in [0.5, 0.6) is 17.4 Å². The van der Waals surface area contributed by atoms with Gasteiger partial charge >= 0.3 is 0 Å². The molecule has 0 spiro atoms. The van der Waals surface area contributed by atoms with Gasteiger partial charge in [0.2, 0.25) is 11.7 Å². The van der Waals surface area contributed by atoms with Crippen LogP contribution in [0, 0.1) is 0 Å². The summed E-state index contributed by atoms with van der Waals surface area (Å²) >= 11 is 0. The predicted molar refractivity (Wildman–Crippen MR) is 74.1 cm³/mol. The van der Waals surface area contributed by atoms with Crippen molar-refractivity contribution in [3.63, 3.8) is 0 Å². The van der Waals surface area contributed by atoms with E-state index in [1.165, 1.54) is 19.5 Å². The summed E-state index contributed by atoms with van der Waals surface area (Å²) in [5.41, 5.74) is 0.761.